The van der Waals surface area contributed by atoms with Crippen molar-refractivity contribution in [2.24, 2.45) is 0 Å². The normalized spacial score (nSPS) is 12.4. The van der Waals surface area contributed by atoms with Crippen molar-refractivity contribution in [3.8, 4) is 0 Å². The van der Waals surface area contributed by atoms with Crippen LogP contribution in [0, 0.1) is 0 Å². The Kier molecular flexibility index (Phi) is 4.87. The number of fused-ring (bicyclic) bond motifs is 1. The standard InChI is InChI=1S/C21H23N/c1-17(22-16-8-11-18-9-3-2-4-10-18)20-15-7-13-19-12-5-6-14-21(19)20/h2-7,9-10,12-15,17,22H,8,11,16H2,1H3/t17-/m0/s1. The molecule has 0 amide bonds. The summed E-state index contributed by atoms with van der Waals surface area (Å²) in [6.07, 6.45) is 2.30. The van der Waals surface area contributed by atoms with Crippen LogP contribution in [0.4, 0.5) is 0 Å². The van der Waals surface area contributed by atoms with E-state index in [-0.39, 0.29) is 0 Å². The van der Waals surface area contributed by atoms with Crippen LogP contribution in [0.2, 0.25) is 0 Å². The van der Waals surface area contributed by atoms with Gasteiger partial charge >= 0.3 is 0 Å². The molecule has 22 heavy (non-hydrogen) atoms. The van der Waals surface area contributed by atoms with E-state index in [9.17, 15) is 0 Å². The minimum Gasteiger partial charge on any atom is -0.310 e. The van der Waals surface area contributed by atoms with Crippen LogP contribution >= 0.6 is 0 Å². The van der Waals surface area contributed by atoms with Crippen molar-refractivity contribution in [1.29, 1.82) is 0 Å². The molecule has 112 valence electrons. The van der Waals surface area contributed by atoms with Crippen molar-refractivity contribution in [3.63, 3.8) is 0 Å². The fourth-order valence-corrected chi connectivity index (χ4v) is 2.99. The van der Waals surface area contributed by atoms with E-state index < -0.39 is 0 Å². The number of rotatable bonds is 6. The predicted molar refractivity (Wildman–Crippen MR) is 95.1 cm³/mol. The monoisotopic (exact) mass is 289 g/mol. The highest BCUT2D eigenvalue weighted by Crippen LogP contribution is 2.23. The first-order chi connectivity index (χ1) is 10.8. The molecule has 0 spiro atoms. The maximum absolute atomic E-state index is 3.66. The minimum absolute atomic E-state index is 0.377. The first kappa shape index (κ1) is 14.8. The summed E-state index contributed by atoms with van der Waals surface area (Å²) in [7, 11) is 0. The van der Waals surface area contributed by atoms with E-state index in [1.54, 1.807) is 0 Å². The van der Waals surface area contributed by atoms with Crippen molar-refractivity contribution >= 4 is 10.8 Å². The van der Waals surface area contributed by atoms with Gasteiger partial charge in [-0.3, -0.25) is 0 Å². The third-order valence-corrected chi connectivity index (χ3v) is 4.23. The maximum atomic E-state index is 3.66. The summed E-state index contributed by atoms with van der Waals surface area (Å²) in [5.41, 5.74) is 2.81. The maximum Gasteiger partial charge on any atom is 0.0297 e. The lowest BCUT2D eigenvalue weighted by Crippen LogP contribution is -2.20. The van der Waals surface area contributed by atoms with E-state index >= 15 is 0 Å². The van der Waals surface area contributed by atoms with E-state index in [4.69, 9.17) is 0 Å². The molecular formula is C21H23N. The summed E-state index contributed by atoms with van der Waals surface area (Å²) in [6.45, 7) is 3.30. The Morgan fingerprint density at radius 1 is 0.818 bits per heavy atom. The van der Waals surface area contributed by atoms with Crippen molar-refractivity contribution in [2.75, 3.05) is 6.54 Å². The molecule has 3 aromatic carbocycles. The number of benzene rings is 3. The van der Waals surface area contributed by atoms with Crippen molar-refractivity contribution in [1.82, 2.24) is 5.32 Å². The first-order valence-corrected chi connectivity index (χ1v) is 8.09. The van der Waals surface area contributed by atoms with Gasteiger partial charge in [0.05, 0.1) is 0 Å². The van der Waals surface area contributed by atoms with Crippen LogP contribution in [0.15, 0.2) is 72.8 Å². The zero-order valence-electron chi connectivity index (χ0n) is 13.1. The number of hydrogen-bond acceptors (Lipinski definition) is 1. The van der Waals surface area contributed by atoms with E-state index in [1.165, 1.54) is 28.3 Å². The molecule has 1 nitrogen and oxygen atoms in total. The van der Waals surface area contributed by atoms with Gasteiger partial charge in [0.15, 0.2) is 0 Å². The first-order valence-electron chi connectivity index (χ1n) is 8.09. The Balaban J connectivity index is 1.58. The molecule has 0 aliphatic heterocycles. The number of aryl methyl sites for hydroxylation is 1. The van der Waals surface area contributed by atoms with Gasteiger partial charge < -0.3 is 5.32 Å². The predicted octanol–water partition coefficient (Wildman–Crippen LogP) is 5.12. The summed E-state index contributed by atoms with van der Waals surface area (Å²) in [6, 6.07) is 26.3. The largest absolute Gasteiger partial charge is 0.310 e. The highest BCUT2D eigenvalue weighted by Gasteiger charge is 2.08. The Labute approximate surface area is 133 Å². The minimum atomic E-state index is 0.377. The van der Waals surface area contributed by atoms with Crippen LogP contribution in [0.1, 0.15) is 30.5 Å². The summed E-state index contributed by atoms with van der Waals surface area (Å²) in [5.74, 6) is 0. The van der Waals surface area contributed by atoms with E-state index in [2.05, 4.69) is 85.0 Å². The lowest BCUT2D eigenvalue weighted by Gasteiger charge is -2.16. The molecule has 0 fully saturated rings. The van der Waals surface area contributed by atoms with E-state index in [0.29, 0.717) is 6.04 Å². The fraction of sp³-hybridized carbons (Fsp3) is 0.238. The molecule has 0 heterocycles. The molecule has 0 saturated carbocycles. The molecule has 0 aliphatic carbocycles. The topological polar surface area (TPSA) is 12.0 Å². The average Bonchev–Trinajstić information content (AvgIpc) is 2.59. The average molecular weight is 289 g/mol. The third kappa shape index (κ3) is 3.55. The fourth-order valence-electron chi connectivity index (χ4n) is 2.99. The number of hydrogen-bond donors (Lipinski definition) is 1. The highest BCUT2D eigenvalue weighted by molar-refractivity contribution is 5.86. The van der Waals surface area contributed by atoms with Gasteiger partial charge in [-0.25, -0.2) is 0 Å². The summed E-state index contributed by atoms with van der Waals surface area (Å²) < 4.78 is 0. The Morgan fingerprint density at radius 3 is 2.41 bits per heavy atom. The number of nitrogens with one attached hydrogen (secondary N) is 1. The molecule has 0 aliphatic rings. The molecule has 1 atom stereocenters. The van der Waals surface area contributed by atoms with Gasteiger partial charge in [-0.05, 0) is 48.2 Å². The van der Waals surface area contributed by atoms with Crippen LogP contribution in [0.25, 0.3) is 10.8 Å². The third-order valence-electron chi connectivity index (χ3n) is 4.23. The van der Waals surface area contributed by atoms with Crippen LogP contribution in [-0.2, 0) is 6.42 Å². The lowest BCUT2D eigenvalue weighted by molar-refractivity contribution is 0.561. The second kappa shape index (κ2) is 7.24. The van der Waals surface area contributed by atoms with Crippen LogP contribution in [0.5, 0.6) is 0 Å². The zero-order chi connectivity index (χ0) is 15.2. The van der Waals surface area contributed by atoms with Gasteiger partial charge in [-0.2, -0.15) is 0 Å². The molecule has 1 N–H and O–H groups in total. The molecular weight excluding hydrogens is 266 g/mol. The van der Waals surface area contributed by atoms with Gasteiger partial charge in [0, 0.05) is 6.04 Å². The van der Waals surface area contributed by atoms with Gasteiger partial charge in [0.25, 0.3) is 0 Å². The Bertz CT molecular complexity index is 713. The summed E-state index contributed by atoms with van der Waals surface area (Å²) in [5, 5.41) is 6.33. The summed E-state index contributed by atoms with van der Waals surface area (Å²) >= 11 is 0. The molecule has 0 radical (unpaired) electrons. The quantitative estimate of drug-likeness (QED) is 0.621. The van der Waals surface area contributed by atoms with Gasteiger partial charge in [0.1, 0.15) is 0 Å². The van der Waals surface area contributed by atoms with Crippen LogP contribution in [-0.4, -0.2) is 6.54 Å². The molecule has 0 aromatic heterocycles. The zero-order valence-corrected chi connectivity index (χ0v) is 13.1. The van der Waals surface area contributed by atoms with Crippen molar-refractivity contribution < 1.29 is 0 Å². The smallest absolute Gasteiger partial charge is 0.0297 e. The molecule has 3 aromatic rings. The van der Waals surface area contributed by atoms with Gasteiger partial charge in [-0.1, -0.05) is 72.8 Å². The second-order valence-electron chi connectivity index (χ2n) is 5.83. The molecule has 0 saturated heterocycles. The van der Waals surface area contributed by atoms with Crippen LogP contribution in [0.3, 0.4) is 0 Å². The van der Waals surface area contributed by atoms with E-state index in [0.717, 1.165) is 13.0 Å². The van der Waals surface area contributed by atoms with Crippen molar-refractivity contribution in [3.05, 3.63) is 83.9 Å². The Morgan fingerprint density at radius 2 is 1.55 bits per heavy atom. The van der Waals surface area contributed by atoms with Crippen LogP contribution < -0.4 is 5.32 Å². The Hall–Kier alpha value is -2.12. The molecule has 0 unspecified atom stereocenters. The summed E-state index contributed by atoms with van der Waals surface area (Å²) in [4.78, 5) is 0. The van der Waals surface area contributed by atoms with Crippen molar-refractivity contribution in [2.45, 2.75) is 25.8 Å². The van der Waals surface area contributed by atoms with Gasteiger partial charge in [-0.15, -0.1) is 0 Å². The SMILES string of the molecule is C[C@H](NCCCc1ccccc1)c1cccc2ccccc12. The lowest BCUT2D eigenvalue weighted by atomic mass is 9.99. The van der Waals surface area contributed by atoms with Gasteiger partial charge in [0.2, 0.25) is 0 Å². The van der Waals surface area contributed by atoms with E-state index in [1.807, 2.05) is 0 Å². The molecule has 1 heteroatoms. The molecule has 0 bridgehead atoms. The highest BCUT2D eigenvalue weighted by atomic mass is 14.9. The molecule has 3 rings (SSSR count). The second-order valence-corrected chi connectivity index (χ2v) is 5.83.